The van der Waals surface area contributed by atoms with Crippen molar-refractivity contribution < 1.29 is 19.4 Å². The number of hydrogen-bond donors (Lipinski definition) is 1. The maximum absolute atomic E-state index is 12.9. The predicted octanol–water partition coefficient (Wildman–Crippen LogP) is 5.40. The molecule has 4 rings (SSSR count). The van der Waals surface area contributed by atoms with E-state index in [0.29, 0.717) is 38.9 Å². The molecule has 0 saturated heterocycles. The van der Waals surface area contributed by atoms with Crippen molar-refractivity contribution in [3.63, 3.8) is 0 Å². The Bertz CT molecular complexity index is 1120. The lowest BCUT2D eigenvalue weighted by atomic mass is 9.88. The summed E-state index contributed by atoms with van der Waals surface area (Å²) in [5, 5.41) is 12.3. The molecule has 0 radical (unpaired) electrons. The van der Waals surface area contributed by atoms with Crippen molar-refractivity contribution in [1.82, 2.24) is 0 Å². The van der Waals surface area contributed by atoms with Gasteiger partial charge in [-0.2, -0.15) is 0 Å². The van der Waals surface area contributed by atoms with Gasteiger partial charge in [0, 0.05) is 17.6 Å². The number of rotatable bonds is 5. The Morgan fingerprint density at radius 2 is 1.67 bits per heavy atom. The largest absolute Gasteiger partial charge is 0.497 e. The second-order valence-electron chi connectivity index (χ2n) is 6.91. The lowest BCUT2D eigenvalue weighted by molar-refractivity contribution is -0.185. The van der Waals surface area contributed by atoms with Crippen LogP contribution < -0.4 is 4.74 Å². The minimum absolute atomic E-state index is 0.274. The molecule has 0 saturated carbocycles. The van der Waals surface area contributed by atoms with Crippen LogP contribution in [0, 0.1) is 0 Å². The number of hydrogen-bond acceptors (Lipinski definition) is 4. The third-order valence-electron chi connectivity index (χ3n) is 5.07. The fourth-order valence-electron chi connectivity index (χ4n) is 3.54. The first-order chi connectivity index (χ1) is 14.4. The van der Waals surface area contributed by atoms with Gasteiger partial charge in [-0.1, -0.05) is 59.6 Å². The number of halogens is 2. The average Bonchev–Trinajstić information content (AvgIpc) is 3.01. The van der Waals surface area contributed by atoms with E-state index in [4.69, 9.17) is 32.7 Å². The van der Waals surface area contributed by atoms with Crippen LogP contribution in [0.4, 0.5) is 0 Å². The second-order valence-corrected chi connectivity index (χ2v) is 7.72. The number of carbonyl (C=O) groups excluding carboxylic acids is 1. The van der Waals surface area contributed by atoms with E-state index in [9.17, 15) is 9.90 Å². The predicted molar refractivity (Wildman–Crippen MR) is 117 cm³/mol. The van der Waals surface area contributed by atoms with Crippen LogP contribution in [0.25, 0.3) is 5.57 Å². The average molecular weight is 441 g/mol. The van der Waals surface area contributed by atoms with E-state index in [-0.39, 0.29) is 5.57 Å². The van der Waals surface area contributed by atoms with Crippen LogP contribution in [-0.4, -0.2) is 18.2 Å². The van der Waals surface area contributed by atoms with Gasteiger partial charge in [0.15, 0.2) is 0 Å². The molecule has 0 aliphatic carbocycles. The molecule has 152 valence electrons. The highest BCUT2D eigenvalue weighted by Gasteiger charge is 2.48. The zero-order chi connectivity index (χ0) is 21.3. The fourth-order valence-corrected chi connectivity index (χ4v) is 3.84. The van der Waals surface area contributed by atoms with Crippen molar-refractivity contribution in [3.05, 3.63) is 105 Å². The summed E-state index contributed by atoms with van der Waals surface area (Å²) in [4.78, 5) is 12.9. The van der Waals surface area contributed by atoms with Gasteiger partial charge in [-0.05, 0) is 47.5 Å². The minimum Gasteiger partial charge on any atom is -0.497 e. The van der Waals surface area contributed by atoms with E-state index >= 15 is 0 Å². The number of methoxy groups -OCH3 is 1. The Morgan fingerprint density at radius 1 is 0.967 bits per heavy atom. The monoisotopic (exact) mass is 440 g/mol. The third kappa shape index (κ3) is 3.70. The number of carbonyl (C=O) groups is 1. The topological polar surface area (TPSA) is 55.8 Å². The van der Waals surface area contributed by atoms with Crippen LogP contribution in [-0.2, 0) is 21.7 Å². The summed E-state index contributed by atoms with van der Waals surface area (Å²) in [6.07, 6.45) is 0.310. The molecular formula is C24H18Cl2O4. The minimum atomic E-state index is -1.92. The zero-order valence-corrected chi connectivity index (χ0v) is 17.6. The summed E-state index contributed by atoms with van der Waals surface area (Å²) in [6.45, 7) is 0. The summed E-state index contributed by atoms with van der Waals surface area (Å²) in [7, 11) is 1.56. The van der Waals surface area contributed by atoms with Crippen LogP contribution in [0.1, 0.15) is 16.7 Å². The van der Waals surface area contributed by atoms with Crippen molar-refractivity contribution in [1.29, 1.82) is 0 Å². The number of esters is 1. The van der Waals surface area contributed by atoms with E-state index in [1.807, 2.05) is 30.3 Å². The molecule has 3 aromatic rings. The second kappa shape index (κ2) is 8.15. The molecule has 1 aliphatic heterocycles. The SMILES string of the molecule is COc1ccc(C2(O)OC(=O)C(c3ccc(Cl)c(Cl)c3)=C2Cc2ccccc2)cc1. The van der Waals surface area contributed by atoms with E-state index in [1.165, 1.54) is 0 Å². The smallest absolute Gasteiger partial charge is 0.342 e. The lowest BCUT2D eigenvalue weighted by Gasteiger charge is -2.26. The normalized spacial score (nSPS) is 18.5. The molecule has 1 atom stereocenters. The van der Waals surface area contributed by atoms with E-state index in [2.05, 4.69) is 0 Å². The molecule has 1 aliphatic rings. The number of ether oxygens (including phenoxy) is 2. The van der Waals surface area contributed by atoms with Gasteiger partial charge in [0.05, 0.1) is 22.7 Å². The van der Waals surface area contributed by atoms with Crippen molar-refractivity contribution in [2.45, 2.75) is 12.2 Å². The molecule has 1 N–H and O–H groups in total. The molecule has 3 aromatic carbocycles. The molecule has 0 spiro atoms. The van der Waals surface area contributed by atoms with E-state index < -0.39 is 11.8 Å². The van der Waals surface area contributed by atoms with Gasteiger partial charge in [0.1, 0.15) is 5.75 Å². The van der Waals surface area contributed by atoms with Crippen LogP contribution in [0.3, 0.4) is 0 Å². The zero-order valence-electron chi connectivity index (χ0n) is 16.1. The summed E-state index contributed by atoms with van der Waals surface area (Å²) in [5.74, 6) is -1.91. The Morgan fingerprint density at radius 3 is 2.30 bits per heavy atom. The third-order valence-corrected chi connectivity index (χ3v) is 5.81. The highest BCUT2D eigenvalue weighted by atomic mass is 35.5. The fraction of sp³-hybridized carbons (Fsp3) is 0.125. The molecule has 0 amide bonds. The summed E-state index contributed by atoms with van der Waals surface area (Å²) < 4.78 is 10.8. The van der Waals surface area contributed by atoms with Crippen molar-refractivity contribution in [2.75, 3.05) is 7.11 Å². The first-order valence-corrected chi connectivity index (χ1v) is 10.0. The van der Waals surface area contributed by atoms with Gasteiger partial charge in [-0.15, -0.1) is 0 Å². The molecule has 0 aromatic heterocycles. The first-order valence-electron chi connectivity index (χ1n) is 9.25. The Kier molecular flexibility index (Phi) is 5.56. The Labute approximate surface area is 184 Å². The van der Waals surface area contributed by atoms with Gasteiger partial charge in [-0.3, -0.25) is 0 Å². The molecule has 0 bridgehead atoms. The molecule has 30 heavy (non-hydrogen) atoms. The molecule has 0 fully saturated rings. The molecular weight excluding hydrogens is 423 g/mol. The van der Waals surface area contributed by atoms with Gasteiger partial charge in [0.2, 0.25) is 0 Å². The maximum atomic E-state index is 12.9. The number of benzene rings is 3. The van der Waals surface area contributed by atoms with Gasteiger partial charge in [-0.25, -0.2) is 4.79 Å². The van der Waals surface area contributed by atoms with Crippen LogP contribution in [0.2, 0.25) is 10.0 Å². The highest BCUT2D eigenvalue weighted by molar-refractivity contribution is 6.42. The van der Waals surface area contributed by atoms with E-state index in [0.717, 1.165) is 5.56 Å². The highest BCUT2D eigenvalue weighted by Crippen LogP contribution is 2.45. The molecule has 4 nitrogen and oxygen atoms in total. The molecule has 1 unspecified atom stereocenters. The van der Waals surface area contributed by atoms with Crippen molar-refractivity contribution >= 4 is 34.7 Å². The quantitative estimate of drug-likeness (QED) is 0.539. The summed E-state index contributed by atoms with van der Waals surface area (Å²) in [5.41, 5.74) is 2.59. The lowest BCUT2D eigenvalue weighted by Crippen LogP contribution is -2.29. The van der Waals surface area contributed by atoms with Gasteiger partial charge >= 0.3 is 5.97 Å². The first kappa shape index (κ1) is 20.5. The van der Waals surface area contributed by atoms with Crippen LogP contribution in [0.5, 0.6) is 5.75 Å². The standard InChI is InChI=1S/C24H18Cl2O4/c1-29-18-10-8-17(9-11-18)24(28)19(13-15-5-3-2-4-6-15)22(23(27)30-24)16-7-12-20(25)21(26)14-16/h2-12,14,28H,13H2,1H3. The number of aliphatic hydroxyl groups is 1. The van der Waals surface area contributed by atoms with Crippen molar-refractivity contribution in [3.8, 4) is 5.75 Å². The summed E-state index contributed by atoms with van der Waals surface area (Å²) >= 11 is 12.2. The van der Waals surface area contributed by atoms with Gasteiger partial charge < -0.3 is 14.6 Å². The van der Waals surface area contributed by atoms with Crippen LogP contribution >= 0.6 is 23.2 Å². The Balaban J connectivity index is 1.90. The molecule has 1 heterocycles. The number of cyclic esters (lactones) is 1. The van der Waals surface area contributed by atoms with Gasteiger partial charge in [0.25, 0.3) is 5.79 Å². The molecule has 6 heteroatoms. The Hall–Kier alpha value is -2.79. The summed E-state index contributed by atoms with van der Waals surface area (Å²) in [6, 6.07) is 21.2. The van der Waals surface area contributed by atoms with Crippen LogP contribution in [0.15, 0.2) is 78.4 Å². The van der Waals surface area contributed by atoms with Crippen molar-refractivity contribution in [2.24, 2.45) is 0 Å². The van der Waals surface area contributed by atoms with E-state index in [1.54, 1.807) is 49.6 Å². The maximum Gasteiger partial charge on any atom is 0.342 e.